The highest BCUT2D eigenvalue weighted by molar-refractivity contribution is 9.10. The Hall–Kier alpha value is -1.53. The zero-order valence-electron chi connectivity index (χ0n) is 13.0. The first-order chi connectivity index (χ1) is 10.9. The fraction of sp³-hybridized carbons (Fsp3) is 0.294. The van der Waals surface area contributed by atoms with Gasteiger partial charge in [0.1, 0.15) is 10.6 Å². The van der Waals surface area contributed by atoms with E-state index in [-0.39, 0.29) is 10.9 Å². The molecule has 1 aliphatic heterocycles. The molecule has 1 aliphatic rings. The minimum Gasteiger partial charge on any atom is -0.492 e. The van der Waals surface area contributed by atoms with Crippen LogP contribution in [0.3, 0.4) is 0 Å². The van der Waals surface area contributed by atoms with Gasteiger partial charge in [0.25, 0.3) is 10.0 Å². The van der Waals surface area contributed by atoms with Crippen LogP contribution in [0.4, 0.5) is 5.69 Å². The molecule has 1 heterocycles. The second-order valence-corrected chi connectivity index (χ2v) is 8.21. The molecule has 0 amide bonds. The fourth-order valence-electron chi connectivity index (χ4n) is 2.97. The van der Waals surface area contributed by atoms with Crippen molar-refractivity contribution in [3.63, 3.8) is 0 Å². The van der Waals surface area contributed by atoms with Gasteiger partial charge in [-0.1, -0.05) is 34.1 Å². The lowest BCUT2D eigenvalue weighted by atomic mass is 10.1. The molecule has 0 aromatic heterocycles. The van der Waals surface area contributed by atoms with E-state index in [4.69, 9.17) is 4.74 Å². The number of sulfonamides is 1. The van der Waals surface area contributed by atoms with E-state index in [1.165, 1.54) is 4.31 Å². The molecule has 0 N–H and O–H groups in total. The van der Waals surface area contributed by atoms with Crippen molar-refractivity contribution in [1.82, 2.24) is 0 Å². The molecule has 0 saturated heterocycles. The van der Waals surface area contributed by atoms with Crippen LogP contribution in [0.2, 0.25) is 0 Å². The summed E-state index contributed by atoms with van der Waals surface area (Å²) in [7, 11) is -3.70. The van der Waals surface area contributed by atoms with Crippen LogP contribution in [0.5, 0.6) is 5.75 Å². The van der Waals surface area contributed by atoms with Crippen LogP contribution in [0.1, 0.15) is 19.4 Å². The highest BCUT2D eigenvalue weighted by Gasteiger charge is 2.37. The maximum atomic E-state index is 13.3. The molecule has 0 aliphatic carbocycles. The van der Waals surface area contributed by atoms with Crippen molar-refractivity contribution in [1.29, 1.82) is 0 Å². The smallest absolute Gasteiger partial charge is 0.268 e. The first-order valence-electron chi connectivity index (χ1n) is 7.50. The van der Waals surface area contributed by atoms with E-state index in [2.05, 4.69) is 15.9 Å². The minimum absolute atomic E-state index is 0.120. The van der Waals surface area contributed by atoms with Gasteiger partial charge in [0, 0.05) is 10.5 Å². The monoisotopic (exact) mass is 395 g/mol. The first-order valence-corrected chi connectivity index (χ1v) is 9.73. The summed E-state index contributed by atoms with van der Waals surface area (Å²) in [4.78, 5) is 0.192. The number of hydrogen-bond donors (Lipinski definition) is 0. The van der Waals surface area contributed by atoms with E-state index in [1.54, 1.807) is 18.2 Å². The number of benzene rings is 2. The molecule has 0 fully saturated rings. The predicted molar refractivity (Wildman–Crippen MR) is 94.6 cm³/mol. The van der Waals surface area contributed by atoms with Gasteiger partial charge in [-0.25, -0.2) is 8.42 Å². The fourth-order valence-corrected chi connectivity index (χ4v) is 5.33. The third kappa shape index (κ3) is 2.85. The number of halogens is 1. The highest BCUT2D eigenvalue weighted by atomic mass is 79.9. The lowest BCUT2D eigenvalue weighted by Gasteiger charge is -2.25. The first kappa shape index (κ1) is 16.3. The molecular formula is C17H18BrNO3S. The average molecular weight is 396 g/mol. The Morgan fingerprint density at radius 2 is 2.00 bits per heavy atom. The average Bonchev–Trinajstić information content (AvgIpc) is 2.85. The molecule has 23 heavy (non-hydrogen) atoms. The molecule has 0 bridgehead atoms. The summed E-state index contributed by atoms with van der Waals surface area (Å²) >= 11 is 3.36. The maximum Gasteiger partial charge on any atom is 0.268 e. The number of ether oxygens (including phenoxy) is 1. The highest BCUT2D eigenvalue weighted by Crippen LogP contribution is 2.39. The molecule has 2 aromatic rings. The van der Waals surface area contributed by atoms with Gasteiger partial charge in [-0.15, -0.1) is 0 Å². The molecular weight excluding hydrogens is 378 g/mol. The number of nitrogens with zero attached hydrogens (tertiary/aromatic N) is 1. The van der Waals surface area contributed by atoms with Crippen LogP contribution in [0.15, 0.2) is 51.8 Å². The largest absolute Gasteiger partial charge is 0.492 e. The van der Waals surface area contributed by atoms with Crippen LogP contribution in [0, 0.1) is 0 Å². The predicted octanol–water partition coefficient (Wildman–Crippen LogP) is 3.99. The zero-order chi connectivity index (χ0) is 16.6. The normalized spacial score (nSPS) is 17.2. The molecule has 4 nitrogen and oxygen atoms in total. The minimum atomic E-state index is -3.70. The number of para-hydroxylation sites is 1. The summed E-state index contributed by atoms with van der Waals surface area (Å²) in [5, 5.41) is 0. The summed E-state index contributed by atoms with van der Waals surface area (Å²) in [6.07, 6.45) is 0.716. The van der Waals surface area contributed by atoms with E-state index >= 15 is 0 Å². The summed E-state index contributed by atoms with van der Waals surface area (Å²) in [5.74, 6) is 0.382. The molecule has 122 valence electrons. The Bertz CT molecular complexity index is 835. The molecule has 0 spiro atoms. The number of fused-ring (bicyclic) bond motifs is 1. The SMILES string of the molecule is CCOc1ccc(Br)cc1S(=O)(=O)N1c2ccccc2CC1C. The zero-order valence-corrected chi connectivity index (χ0v) is 15.4. The van der Waals surface area contributed by atoms with Gasteiger partial charge in [-0.05, 0) is 50.1 Å². The maximum absolute atomic E-state index is 13.3. The second-order valence-electron chi connectivity index (χ2n) is 5.51. The topological polar surface area (TPSA) is 46.6 Å². The van der Waals surface area contributed by atoms with Gasteiger partial charge in [0.2, 0.25) is 0 Å². The summed E-state index contributed by atoms with van der Waals surface area (Å²) in [6.45, 7) is 4.18. The molecule has 0 radical (unpaired) electrons. The Morgan fingerprint density at radius 3 is 2.74 bits per heavy atom. The Labute approximate surface area is 145 Å². The van der Waals surface area contributed by atoms with Crippen molar-refractivity contribution in [2.45, 2.75) is 31.2 Å². The van der Waals surface area contributed by atoms with Gasteiger partial charge in [-0.3, -0.25) is 4.31 Å². The van der Waals surface area contributed by atoms with Crippen molar-refractivity contribution in [2.75, 3.05) is 10.9 Å². The summed E-state index contributed by atoms with van der Waals surface area (Å²) in [5.41, 5.74) is 1.80. The molecule has 0 saturated carbocycles. The Balaban J connectivity index is 2.15. The van der Waals surface area contributed by atoms with E-state index in [1.807, 2.05) is 38.1 Å². The van der Waals surface area contributed by atoms with E-state index < -0.39 is 10.0 Å². The van der Waals surface area contributed by atoms with Gasteiger partial charge in [-0.2, -0.15) is 0 Å². The quantitative estimate of drug-likeness (QED) is 0.785. The molecule has 1 atom stereocenters. The summed E-state index contributed by atoms with van der Waals surface area (Å²) < 4.78 is 34.3. The molecule has 2 aromatic carbocycles. The lowest BCUT2D eigenvalue weighted by molar-refractivity contribution is 0.331. The van der Waals surface area contributed by atoms with Crippen molar-refractivity contribution < 1.29 is 13.2 Å². The standard InChI is InChI=1S/C17H18BrNO3S/c1-3-22-16-9-8-14(18)11-17(16)23(20,21)19-12(2)10-13-6-4-5-7-15(13)19/h4-9,11-12H,3,10H2,1-2H3. The third-order valence-electron chi connectivity index (χ3n) is 3.89. The second kappa shape index (κ2) is 6.17. The molecule has 3 rings (SSSR count). The van der Waals surface area contributed by atoms with Crippen molar-refractivity contribution >= 4 is 31.6 Å². The van der Waals surface area contributed by atoms with Crippen molar-refractivity contribution in [3.05, 3.63) is 52.5 Å². The van der Waals surface area contributed by atoms with Gasteiger partial charge in [0.15, 0.2) is 0 Å². The van der Waals surface area contributed by atoms with Crippen LogP contribution in [-0.2, 0) is 16.4 Å². The number of hydrogen-bond acceptors (Lipinski definition) is 3. The number of rotatable bonds is 4. The third-order valence-corrected chi connectivity index (χ3v) is 6.33. The van der Waals surface area contributed by atoms with Gasteiger partial charge < -0.3 is 4.74 Å². The van der Waals surface area contributed by atoms with Crippen LogP contribution in [-0.4, -0.2) is 21.1 Å². The van der Waals surface area contributed by atoms with Crippen molar-refractivity contribution in [2.24, 2.45) is 0 Å². The molecule has 1 unspecified atom stereocenters. The number of anilines is 1. The summed E-state index contributed by atoms with van der Waals surface area (Å²) in [6, 6.07) is 12.6. The van der Waals surface area contributed by atoms with Crippen LogP contribution in [0.25, 0.3) is 0 Å². The lowest BCUT2D eigenvalue weighted by Crippen LogP contribution is -2.36. The van der Waals surface area contributed by atoms with Gasteiger partial charge in [0.05, 0.1) is 12.3 Å². The Morgan fingerprint density at radius 1 is 1.26 bits per heavy atom. The van der Waals surface area contributed by atoms with Crippen molar-refractivity contribution in [3.8, 4) is 5.75 Å². The van der Waals surface area contributed by atoms with Crippen LogP contribution >= 0.6 is 15.9 Å². The van der Waals surface area contributed by atoms with Crippen LogP contribution < -0.4 is 9.04 Å². The van der Waals surface area contributed by atoms with E-state index in [0.717, 1.165) is 11.3 Å². The van der Waals surface area contributed by atoms with E-state index in [0.29, 0.717) is 23.2 Å². The van der Waals surface area contributed by atoms with E-state index in [9.17, 15) is 8.42 Å². The molecule has 6 heteroatoms. The van der Waals surface area contributed by atoms with Gasteiger partial charge >= 0.3 is 0 Å². The Kier molecular flexibility index (Phi) is 4.38.